The number of amides is 1. The van der Waals surface area contributed by atoms with Gasteiger partial charge in [0.15, 0.2) is 11.6 Å². The number of nitrogen functional groups attached to an aromatic ring is 1. The highest BCUT2D eigenvalue weighted by atomic mass is 79.9. The standard InChI is InChI=1S/C19H25BrN6O3/c1-19(2,3)29-18(27)26-11-4-5-12(26)7-13(6-11)25-10-14(8-23-25)28-17-16(21)22-9-15(20)24-17/h8-13H,4-7H2,1-3H3,(H2,21,22). The van der Waals surface area contributed by atoms with Crippen LogP contribution in [0.4, 0.5) is 10.6 Å². The Kier molecular flexibility index (Phi) is 5.14. The van der Waals surface area contributed by atoms with Gasteiger partial charge in [0.2, 0.25) is 0 Å². The molecule has 9 nitrogen and oxygen atoms in total. The second-order valence-corrected chi connectivity index (χ2v) is 9.35. The van der Waals surface area contributed by atoms with Crippen molar-refractivity contribution >= 4 is 27.8 Å². The fourth-order valence-corrected chi connectivity index (χ4v) is 4.36. The lowest BCUT2D eigenvalue weighted by Gasteiger charge is -2.39. The average Bonchev–Trinajstić information content (AvgIpc) is 3.19. The minimum atomic E-state index is -0.487. The summed E-state index contributed by atoms with van der Waals surface area (Å²) in [4.78, 5) is 22.8. The summed E-state index contributed by atoms with van der Waals surface area (Å²) in [5.41, 5.74) is 5.34. The number of carbonyl (C=O) groups is 1. The van der Waals surface area contributed by atoms with Crippen molar-refractivity contribution in [1.82, 2.24) is 24.6 Å². The Labute approximate surface area is 177 Å². The van der Waals surface area contributed by atoms with Crippen molar-refractivity contribution in [2.75, 3.05) is 5.73 Å². The van der Waals surface area contributed by atoms with Crippen LogP contribution in [0.25, 0.3) is 0 Å². The van der Waals surface area contributed by atoms with E-state index in [0.717, 1.165) is 25.7 Å². The zero-order valence-electron chi connectivity index (χ0n) is 16.7. The Balaban J connectivity index is 1.44. The molecule has 156 valence electrons. The third-order valence-corrected chi connectivity index (χ3v) is 5.60. The normalized spacial score (nSPS) is 23.9. The molecule has 0 saturated carbocycles. The molecule has 0 spiro atoms. The molecule has 4 rings (SSSR count). The van der Waals surface area contributed by atoms with Gasteiger partial charge in [-0.3, -0.25) is 4.68 Å². The van der Waals surface area contributed by atoms with Crippen LogP contribution in [0.2, 0.25) is 0 Å². The van der Waals surface area contributed by atoms with Crippen LogP contribution >= 0.6 is 15.9 Å². The van der Waals surface area contributed by atoms with Crippen LogP contribution in [0.1, 0.15) is 52.5 Å². The third-order valence-electron chi connectivity index (χ3n) is 5.22. The Bertz CT molecular complexity index is 898. The third kappa shape index (κ3) is 4.31. The molecular formula is C19H25BrN6O3. The van der Waals surface area contributed by atoms with Crippen molar-refractivity contribution in [2.45, 2.75) is 70.2 Å². The molecule has 2 unspecified atom stereocenters. The summed E-state index contributed by atoms with van der Waals surface area (Å²) >= 11 is 3.26. The summed E-state index contributed by atoms with van der Waals surface area (Å²) in [6.07, 6.45) is 8.46. The maximum atomic E-state index is 12.6. The van der Waals surface area contributed by atoms with E-state index in [9.17, 15) is 4.79 Å². The van der Waals surface area contributed by atoms with Crippen LogP contribution in [-0.2, 0) is 4.74 Å². The van der Waals surface area contributed by atoms with Gasteiger partial charge in [0.05, 0.1) is 24.6 Å². The van der Waals surface area contributed by atoms with E-state index in [0.29, 0.717) is 10.4 Å². The molecule has 4 heterocycles. The van der Waals surface area contributed by atoms with Gasteiger partial charge < -0.3 is 20.1 Å². The average molecular weight is 465 g/mol. The van der Waals surface area contributed by atoms with Crippen molar-refractivity contribution < 1.29 is 14.3 Å². The summed E-state index contributed by atoms with van der Waals surface area (Å²) in [6, 6.07) is 0.553. The van der Waals surface area contributed by atoms with Gasteiger partial charge in [-0.15, -0.1) is 0 Å². The van der Waals surface area contributed by atoms with Crippen LogP contribution in [0.5, 0.6) is 11.6 Å². The predicted molar refractivity (Wildman–Crippen MR) is 110 cm³/mol. The van der Waals surface area contributed by atoms with Crippen LogP contribution in [-0.4, -0.2) is 48.4 Å². The smallest absolute Gasteiger partial charge is 0.410 e. The van der Waals surface area contributed by atoms with Gasteiger partial charge in [-0.2, -0.15) is 5.10 Å². The number of nitrogens with two attached hydrogens (primary N) is 1. The van der Waals surface area contributed by atoms with Crippen molar-refractivity contribution in [3.05, 3.63) is 23.2 Å². The number of rotatable bonds is 3. The number of hydrogen-bond donors (Lipinski definition) is 1. The number of piperidine rings is 1. The number of nitrogens with zero attached hydrogens (tertiary/aromatic N) is 5. The summed E-state index contributed by atoms with van der Waals surface area (Å²) in [5, 5.41) is 4.47. The van der Waals surface area contributed by atoms with E-state index in [1.165, 1.54) is 6.20 Å². The van der Waals surface area contributed by atoms with Crippen molar-refractivity contribution in [2.24, 2.45) is 0 Å². The minimum absolute atomic E-state index is 0.175. The largest absolute Gasteiger partial charge is 0.444 e. The van der Waals surface area contributed by atoms with Crippen LogP contribution in [0, 0.1) is 0 Å². The van der Waals surface area contributed by atoms with E-state index in [1.807, 2.05) is 36.5 Å². The molecule has 1 amide bonds. The second-order valence-electron chi connectivity index (χ2n) is 8.54. The monoisotopic (exact) mass is 464 g/mol. The molecule has 0 radical (unpaired) electrons. The van der Waals surface area contributed by atoms with E-state index >= 15 is 0 Å². The number of anilines is 1. The Morgan fingerprint density at radius 3 is 2.55 bits per heavy atom. The molecule has 2 aromatic heterocycles. The molecule has 2 fully saturated rings. The summed E-state index contributed by atoms with van der Waals surface area (Å²) < 4.78 is 13.8. The lowest BCUT2D eigenvalue weighted by Crippen LogP contribution is -2.48. The number of ether oxygens (including phenoxy) is 2. The first-order chi connectivity index (χ1) is 13.7. The number of fused-ring (bicyclic) bond motifs is 2. The SMILES string of the molecule is CC(C)(C)OC(=O)N1C2CCC1CC(n1cc(Oc3nc(Br)cnc3N)cn1)C2. The number of carbonyl (C=O) groups excluding carboxylic acids is 1. The molecule has 2 aliphatic heterocycles. The zero-order chi connectivity index (χ0) is 20.8. The van der Waals surface area contributed by atoms with Crippen molar-refractivity contribution in [1.29, 1.82) is 0 Å². The summed E-state index contributed by atoms with van der Waals surface area (Å²) in [7, 11) is 0. The molecule has 2 aliphatic rings. The van der Waals surface area contributed by atoms with Gasteiger partial charge >= 0.3 is 6.09 Å². The van der Waals surface area contributed by atoms with E-state index < -0.39 is 5.60 Å². The molecule has 10 heteroatoms. The quantitative estimate of drug-likeness (QED) is 0.732. The van der Waals surface area contributed by atoms with Gasteiger partial charge in [-0.1, -0.05) is 0 Å². The van der Waals surface area contributed by atoms with Crippen molar-refractivity contribution in [3.63, 3.8) is 0 Å². The lowest BCUT2D eigenvalue weighted by molar-refractivity contribution is 0.00230. The summed E-state index contributed by atoms with van der Waals surface area (Å²) in [6.45, 7) is 5.69. The van der Waals surface area contributed by atoms with Gasteiger partial charge in [0, 0.05) is 12.1 Å². The Hall–Kier alpha value is -2.36. The molecule has 0 aromatic carbocycles. The number of aromatic nitrogens is 4. The van der Waals surface area contributed by atoms with Gasteiger partial charge in [0.1, 0.15) is 10.2 Å². The zero-order valence-corrected chi connectivity index (χ0v) is 18.3. The summed E-state index contributed by atoms with van der Waals surface area (Å²) in [5.74, 6) is 0.995. The van der Waals surface area contributed by atoms with Crippen LogP contribution in [0.3, 0.4) is 0 Å². The van der Waals surface area contributed by atoms with Crippen molar-refractivity contribution in [3.8, 4) is 11.6 Å². The fourth-order valence-electron chi connectivity index (χ4n) is 4.10. The first-order valence-electron chi connectivity index (χ1n) is 9.71. The van der Waals surface area contributed by atoms with E-state index in [2.05, 4.69) is 31.0 Å². The molecule has 2 aromatic rings. The topological polar surface area (TPSA) is 108 Å². The minimum Gasteiger partial charge on any atom is -0.444 e. The maximum Gasteiger partial charge on any atom is 0.410 e. The Morgan fingerprint density at radius 2 is 1.90 bits per heavy atom. The molecule has 2 saturated heterocycles. The van der Waals surface area contributed by atoms with E-state index in [-0.39, 0.29) is 35.9 Å². The molecule has 0 aliphatic carbocycles. The highest BCUT2D eigenvalue weighted by Crippen LogP contribution is 2.41. The van der Waals surface area contributed by atoms with Gasteiger partial charge in [-0.25, -0.2) is 14.8 Å². The number of halogens is 1. The van der Waals surface area contributed by atoms with E-state index in [1.54, 1.807) is 6.20 Å². The number of hydrogen-bond acceptors (Lipinski definition) is 7. The van der Waals surface area contributed by atoms with E-state index in [4.69, 9.17) is 15.2 Å². The van der Waals surface area contributed by atoms with Gasteiger partial charge in [-0.05, 0) is 62.4 Å². The Morgan fingerprint density at radius 1 is 1.21 bits per heavy atom. The fraction of sp³-hybridized carbons (Fsp3) is 0.579. The maximum absolute atomic E-state index is 12.6. The molecule has 2 N–H and O–H groups in total. The van der Waals surface area contributed by atoms with Gasteiger partial charge in [0.25, 0.3) is 5.88 Å². The first kappa shape index (κ1) is 19.9. The molecular weight excluding hydrogens is 440 g/mol. The molecule has 29 heavy (non-hydrogen) atoms. The predicted octanol–water partition coefficient (Wildman–Crippen LogP) is 3.91. The molecule has 2 bridgehead atoms. The lowest BCUT2D eigenvalue weighted by atomic mass is 9.98. The van der Waals surface area contributed by atoms with Crippen LogP contribution in [0.15, 0.2) is 23.2 Å². The molecule has 2 atom stereocenters. The highest BCUT2D eigenvalue weighted by molar-refractivity contribution is 9.10. The highest BCUT2D eigenvalue weighted by Gasteiger charge is 2.45. The second kappa shape index (κ2) is 7.47. The first-order valence-corrected chi connectivity index (χ1v) is 10.5. The van der Waals surface area contributed by atoms with Crippen LogP contribution < -0.4 is 10.5 Å².